The van der Waals surface area contributed by atoms with Crippen LogP contribution in [0.2, 0.25) is 10.0 Å². The van der Waals surface area contributed by atoms with Gasteiger partial charge in [-0.2, -0.15) is 0 Å². The van der Waals surface area contributed by atoms with Crippen molar-refractivity contribution in [1.29, 1.82) is 0 Å². The molecule has 0 radical (unpaired) electrons. The summed E-state index contributed by atoms with van der Waals surface area (Å²) in [5, 5.41) is 1.23. The van der Waals surface area contributed by atoms with Gasteiger partial charge in [0.25, 0.3) is 0 Å². The summed E-state index contributed by atoms with van der Waals surface area (Å²) in [5.41, 5.74) is 8.18. The Labute approximate surface area is 135 Å². The van der Waals surface area contributed by atoms with Gasteiger partial charge in [0.15, 0.2) is 0 Å². The molecule has 0 saturated carbocycles. The highest BCUT2D eigenvalue weighted by Gasteiger charge is 2.23. The lowest BCUT2D eigenvalue weighted by molar-refractivity contribution is 0.171. The average Bonchev–Trinajstić information content (AvgIpc) is 2.47. The lowest BCUT2D eigenvalue weighted by Crippen LogP contribution is -2.31. The van der Waals surface area contributed by atoms with Gasteiger partial charge in [-0.1, -0.05) is 54.4 Å². The normalized spacial score (nSPS) is 13.8. The van der Waals surface area contributed by atoms with Crippen LogP contribution in [0.3, 0.4) is 0 Å². The Kier molecular flexibility index (Phi) is 5.51. The first kappa shape index (κ1) is 16.2. The highest BCUT2D eigenvalue weighted by Crippen LogP contribution is 2.34. The molecule has 0 fully saturated rings. The first-order valence-corrected chi connectivity index (χ1v) is 7.71. The van der Waals surface area contributed by atoms with Crippen LogP contribution in [0.25, 0.3) is 0 Å². The van der Waals surface area contributed by atoms with Gasteiger partial charge in [-0.3, -0.25) is 0 Å². The number of rotatable bonds is 5. The number of hydrogen-bond donors (Lipinski definition) is 1. The number of ether oxygens (including phenoxy) is 1. The Morgan fingerprint density at radius 1 is 1.10 bits per heavy atom. The molecule has 0 bridgehead atoms. The molecule has 0 aliphatic carbocycles. The summed E-state index contributed by atoms with van der Waals surface area (Å²) in [6.45, 7) is 4.01. The van der Waals surface area contributed by atoms with Gasteiger partial charge in [0.2, 0.25) is 0 Å². The molecule has 112 valence electrons. The molecule has 0 spiro atoms. The van der Waals surface area contributed by atoms with Crippen molar-refractivity contribution in [1.82, 2.24) is 0 Å². The summed E-state index contributed by atoms with van der Waals surface area (Å²) in [6.07, 6.45) is 0.447. The molecule has 2 atom stereocenters. The predicted molar refractivity (Wildman–Crippen MR) is 89.3 cm³/mol. The lowest BCUT2D eigenvalue weighted by Gasteiger charge is -2.26. The number of halogens is 2. The van der Waals surface area contributed by atoms with E-state index >= 15 is 0 Å². The van der Waals surface area contributed by atoms with Crippen molar-refractivity contribution in [3.63, 3.8) is 0 Å². The second-order valence-electron chi connectivity index (χ2n) is 5.07. The minimum absolute atomic E-state index is 0.165. The number of nitrogens with two attached hydrogens (primary N) is 1. The fourth-order valence-electron chi connectivity index (χ4n) is 2.14. The molecule has 2 nitrogen and oxygen atoms in total. The van der Waals surface area contributed by atoms with E-state index in [0.29, 0.717) is 15.8 Å². The van der Waals surface area contributed by atoms with Gasteiger partial charge < -0.3 is 10.5 Å². The average molecular weight is 324 g/mol. The van der Waals surface area contributed by atoms with Crippen molar-refractivity contribution in [2.24, 2.45) is 5.73 Å². The lowest BCUT2D eigenvalue weighted by atomic mass is 10.0. The Bertz CT molecular complexity index is 615. The fraction of sp³-hybridized carbons (Fsp3) is 0.294. The van der Waals surface area contributed by atoms with E-state index < -0.39 is 0 Å². The Morgan fingerprint density at radius 2 is 1.81 bits per heavy atom. The molecule has 0 saturated heterocycles. The van der Waals surface area contributed by atoms with Gasteiger partial charge in [0.05, 0.1) is 5.02 Å². The van der Waals surface area contributed by atoms with Crippen molar-refractivity contribution >= 4 is 23.2 Å². The Balaban J connectivity index is 2.35. The largest absolute Gasteiger partial charge is 0.482 e. The molecule has 0 heterocycles. The fourth-order valence-corrected chi connectivity index (χ4v) is 2.66. The van der Waals surface area contributed by atoms with Crippen molar-refractivity contribution in [2.75, 3.05) is 0 Å². The Hall–Kier alpha value is -1.22. The third kappa shape index (κ3) is 3.91. The van der Waals surface area contributed by atoms with Gasteiger partial charge in [-0.25, -0.2) is 0 Å². The third-order valence-corrected chi connectivity index (χ3v) is 4.05. The van der Waals surface area contributed by atoms with Gasteiger partial charge in [-0.15, -0.1) is 0 Å². The molecule has 2 aromatic rings. The molecule has 0 aromatic heterocycles. The Morgan fingerprint density at radius 3 is 2.43 bits per heavy atom. The zero-order valence-corrected chi connectivity index (χ0v) is 13.7. The van der Waals surface area contributed by atoms with Crippen LogP contribution in [-0.4, -0.2) is 6.04 Å². The van der Waals surface area contributed by atoms with E-state index in [9.17, 15) is 0 Å². The van der Waals surface area contributed by atoms with E-state index in [1.807, 2.05) is 56.3 Å². The standard InChI is InChI=1S/C17H19Cl2NO/c1-3-15(20)17(12-6-4-5-7-13(12)18)21-16-9-8-11(2)10-14(16)19/h4-10,15,17H,3,20H2,1-2H3. The molecule has 21 heavy (non-hydrogen) atoms. The van der Waals surface area contributed by atoms with Gasteiger partial charge in [0, 0.05) is 16.6 Å². The zero-order chi connectivity index (χ0) is 15.4. The second kappa shape index (κ2) is 7.17. The molecular formula is C17H19Cl2NO. The van der Waals surface area contributed by atoms with Gasteiger partial charge in [0.1, 0.15) is 11.9 Å². The molecule has 2 unspecified atom stereocenters. The van der Waals surface area contributed by atoms with Crippen LogP contribution in [-0.2, 0) is 0 Å². The molecule has 2 rings (SSSR count). The minimum Gasteiger partial charge on any atom is -0.482 e. The third-order valence-electron chi connectivity index (χ3n) is 3.41. The van der Waals surface area contributed by atoms with Crippen LogP contribution in [0.15, 0.2) is 42.5 Å². The number of aryl methyl sites for hydroxylation is 1. The summed E-state index contributed by atoms with van der Waals surface area (Å²) < 4.78 is 6.08. The van der Waals surface area contributed by atoms with Crippen molar-refractivity contribution in [2.45, 2.75) is 32.4 Å². The molecular weight excluding hydrogens is 305 g/mol. The quantitative estimate of drug-likeness (QED) is 0.824. The van der Waals surface area contributed by atoms with Crippen LogP contribution in [0.5, 0.6) is 5.75 Å². The SMILES string of the molecule is CCC(N)C(Oc1ccc(C)cc1Cl)c1ccccc1Cl. The summed E-state index contributed by atoms with van der Waals surface area (Å²) in [4.78, 5) is 0. The van der Waals surface area contributed by atoms with Crippen LogP contribution < -0.4 is 10.5 Å². The maximum Gasteiger partial charge on any atom is 0.140 e. The highest BCUT2D eigenvalue weighted by atomic mass is 35.5. The van der Waals surface area contributed by atoms with Crippen LogP contribution in [0.4, 0.5) is 0 Å². The van der Waals surface area contributed by atoms with Crippen LogP contribution >= 0.6 is 23.2 Å². The summed E-state index contributed by atoms with van der Waals surface area (Å²) in [5.74, 6) is 0.621. The molecule has 2 N–H and O–H groups in total. The first-order chi connectivity index (χ1) is 10.0. The summed E-state index contributed by atoms with van der Waals surface area (Å²) in [7, 11) is 0. The smallest absolute Gasteiger partial charge is 0.140 e. The number of hydrogen-bond acceptors (Lipinski definition) is 2. The molecule has 0 aliphatic rings. The van der Waals surface area contributed by atoms with Gasteiger partial charge in [-0.05, 0) is 37.1 Å². The van der Waals surface area contributed by atoms with Crippen LogP contribution in [0.1, 0.15) is 30.6 Å². The monoisotopic (exact) mass is 323 g/mol. The maximum absolute atomic E-state index is 6.28. The summed E-state index contributed by atoms with van der Waals surface area (Å²) >= 11 is 12.5. The van der Waals surface area contributed by atoms with E-state index in [1.165, 1.54) is 0 Å². The predicted octanol–water partition coefficient (Wildman–Crippen LogP) is 5.16. The van der Waals surface area contributed by atoms with Crippen molar-refractivity contribution in [3.05, 3.63) is 63.6 Å². The molecule has 2 aromatic carbocycles. The molecule has 0 aliphatic heterocycles. The topological polar surface area (TPSA) is 35.2 Å². The van der Waals surface area contributed by atoms with Crippen molar-refractivity contribution in [3.8, 4) is 5.75 Å². The van der Waals surface area contributed by atoms with E-state index in [0.717, 1.165) is 17.5 Å². The second-order valence-corrected chi connectivity index (χ2v) is 5.88. The van der Waals surface area contributed by atoms with E-state index in [1.54, 1.807) is 0 Å². The van der Waals surface area contributed by atoms with Crippen molar-refractivity contribution < 1.29 is 4.74 Å². The number of benzene rings is 2. The van der Waals surface area contributed by atoms with Gasteiger partial charge >= 0.3 is 0 Å². The highest BCUT2D eigenvalue weighted by molar-refractivity contribution is 6.32. The molecule has 4 heteroatoms. The first-order valence-electron chi connectivity index (χ1n) is 6.95. The van der Waals surface area contributed by atoms with E-state index in [-0.39, 0.29) is 12.1 Å². The minimum atomic E-state index is -0.330. The molecule has 0 amide bonds. The zero-order valence-electron chi connectivity index (χ0n) is 12.1. The van der Waals surface area contributed by atoms with E-state index in [4.69, 9.17) is 33.7 Å². The van der Waals surface area contributed by atoms with Crippen LogP contribution in [0, 0.1) is 6.92 Å². The maximum atomic E-state index is 6.28. The van der Waals surface area contributed by atoms with E-state index in [2.05, 4.69) is 0 Å². The summed E-state index contributed by atoms with van der Waals surface area (Å²) in [6, 6.07) is 13.1.